The van der Waals surface area contributed by atoms with Crippen molar-refractivity contribution < 1.29 is 4.79 Å². The van der Waals surface area contributed by atoms with Crippen molar-refractivity contribution in [2.45, 2.75) is 51.6 Å². The van der Waals surface area contributed by atoms with Crippen molar-refractivity contribution in [2.75, 3.05) is 5.73 Å². The summed E-state index contributed by atoms with van der Waals surface area (Å²) >= 11 is 0. The van der Waals surface area contributed by atoms with Crippen molar-refractivity contribution in [2.24, 2.45) is 0 Å². The second-order valence-electron chi connectivity index (χ2n) is 5.01. The van der Waals surface area contributed by atoms with Crippen LogP contribution in [0.5, 0.6) is 0 Å². The molecule has 5 nitrogen and oxygen atoms in total. The largest absolute Gasteiger partial charge is 0.396 e. The van der Waals surface area contributed by atoms with Gasteiger partial charge in [0.15, 0.2) is 5.69 Å². The molecule has 1 fully saturated rings. The van der Waals surface area contributed by atoms with E-state index in [9.17, 15) is 4.79 Å². The summed E-state index contributed by atoms with van der Waals surface area (Å²) in [7, 11) is 0. The Morgan fingerprint density at radius 3 is 2.76 bits per heavy atom. The minimum Gasteiger partial charge on any atom is -0.396 e. The average Bonchev–Trinajstić information content (AvgIpc) is 2.85. The zero-order valence-corrected chi connectivity index (χ0v) is 10.5. The van der Waals surface area contributed by atoms with E-state index in [2.05, 4.69) is 17.3 Å². The Balaban J connectivity index is 2.11. The third-order valence-electron chi connectivity index (χ3n) is 3.45. The first kappa shape index (κ1) is 12.0. The Morgan fingerprint density at radius 2 is 2.24 bits per heavy atom. The lowest BCUT2D eigenvalue weighted by molar-refractivity contribution is 0.0903. The Labute approximate surface area is 101 Å². The van der Waals surface area contributed by atoms with E-state index in [0.29, 0.717) is 11.4 Å². The summed E-state index contributed by atoms with van der Waals surface area (Å²) in [6.45, 7) is 4.77. The molecule has 1 amide bonds. The van der Waals surface area contributed by atoms with Crippen molar-refractivity contribution in [3.8, 4) is 0 Å². The number of nitrogens with one attached hydrogen (secondary N) is 1. The van der Waals surface area contributed by atoms with Crippen molar-refractivity contribution in [3.05, 3.63) is 11.9 Å². The standard InChI is InChI=1S/C12H20N4O/c1-3-16-8-9(13)10(15-16)11(17)14-12(2)6-4-5-7-12/h8H,3-7,13H2,1-2H3,(H,14,17). The van der Waals surface area contributed by atoms with E-state index < -0.39 is 0 Å². The smallest absolute Gasteiger partial charge is 0.274 e. The van der Waals surface area contributed by atoms with Gasteiger partial charge in [-0.2, -0.15) is 5.10 Å². The maximum Gasteiger partial charge on any atom is 0.274 e. The van der Waals surface area contributed by atoms with Crippen molar-refractivity contribution in [3.63, 3.8) is 0 Å². The topological polar surface area (TPSA) is 72.9 Å². The van der Waals surface area contributed by atoms with Crippen LogP contribution in [0.2, 0.25) is 0 Å². The predicted octanol–water partition coefficient (Wildman–Crippen LogP) is 1.55. The molecule has 0 bridgehead atoms. The third kappa shape index (κ3) is 2.43. The van der Waals surface area contributed by atoms with Gasteiger partial charge < -0.3 is 11.1 Å². The number of hydrogen-bond acceptors (Lipinski definition) is 3. The van der Waals surface area contributed by atoms with Crippen LogP contribution in [-0.4, -0.2) is 21.2 Å². The number of nitrogen functional groups attached to an aromatic ring is 1. The van der Waals surface area contributed by atoms with E-state index in [1.807, 2.05) is 6.92 Å². The van der Waals surface area contributed by atoms with Gasteiger partial charge in [-0.15, -0.1) is 0 Å². The molecule has 2 rings (SSSR count). The molecule has 1 aromatic rings. The molecule has 1 aliphatic rings. The van der Waals surface area contributed by atoms with Crippen LogP contribution >= 0.6 is 0 Å². The first-order chi connectivity index (χ1) is 8.04. The van der Waals surface area contributed by atoms with Crippen molar-refractivity contribution in [1.82, 2.24) is 15.1 Å². The van der Waals surface area contributed by atoms with Crippen LogP contribution in [0.3, 0.4) is 0 Å². The van der Waals surface area contributed by atoms with Gasteiger partial charge in [-0.1, -0.05) is 12.8 Å². The number of aromatic nitrogens is 2. The highest BCUT2D eigenvalue weighted by Crippen LogP contribution is 2.29. The molecule has 1 aromatic heterocycles. The number of anilines is 1. The Kier molecular flexibility index (Phi) is 3.09. The molecule has 0 saturated heterocycles. The number of amides is 1. The fraction of sp³-hybridized carbons (Fsp3) is 0.667. The van der Waals surface area contributed by atoms with Gasteiger partial charge in [-0.05, 0) is 26.7 Å². The zero-order chi connectivity index (χ0) is 12.5. The molecule has 5 heteroatoms. The van der Waals surface area contributed by atoms with E-state index in [0.717, 1.165) is 19.4 Å². The molecule has 0 unspecified atom stereocenters. The molecule has 0 aliphatic heterocycles. The van der Waals surface area contributed by atoms with Crippen LogP contribution in [-0.2, 0) is 6.54 Å². The number of carbonyl (C=O) groups excluding carboxylic acids is 1. The van der Waals surface area contributed by atoms with Crippen LogP contribution < -0.4 is 11.1 Å². The van der Waals surface area contributed by atoms with Crippen molar-refractivity contribution >= 4 is 11.6 Å². The molecule has 3 N–H and O–H groups in total. The number of nitrogens with zero attached hydrogens (tertiary/aromatic N) is 2. The molecule has 1 heterocycles. The van der Waals surface area contributed by atoms with Crippen molar-refractivity contribution in [1.29, 1.82) is 0 Å². The summed E-state index contributed by atoms with van der Waals surface area (Å²) in [5.74, 6) is -0.154. The van der Waals surface area contributed by atoms with Gasteiger partial charge in [0.1, 0.15) is 0 Å². The summed E-state index contributed by atoms with van der Waals surface area (Å²) in [6.07, 6.45) is 6.12. The predicted molar refractivity (Wildman–Crippen MR) is 66.7 cm³/mol. The maximum atomic E-state index is 12.1. The summed E-state index contributed by atoms with van der Waals surface area (Å²) < 4.78 is 1.68. The first-order valence-corrected chi connectivity index (χ1v) is 6.19. The van der Waals surface area contributed by atoms with Crippen LogP contribution in [0.25, 0.3) is 0 Å². The number of hydrogen-bond donors (Lipinski definition) is 2. The lowest BCUT2D eigenvalue weighted by Crippen LogP contribution is -2.44. The Bertz CT molecular complexity index is 418. The van der Waals surface area contributed by atoms with Crippen LogP contribution in [0, 0.1) is 0 Å². The highest BCUT2D eigenvalue weighted by molar-refractivity contribution is 5.97. The van der Waals surface area contributed by atoms with Crippen LogP contribution in [0.1, 0.15) is 50.0 Å². The van der Waals surface area contributed by atoms with Gasteiger partial charge in [-0.25, -0.2) is 0 Å². The van der Waals surface area contributed by atoms with E-state index in [4.69, 9.17) is 5.73 Å². The monoisotopic (exact) mass is 236 g/mol. The molecule has 0 radical (unpaired) electrons. The molecule has 94 valence electrons. The van der Waals surface area contributed by atoms with E-state index in [1.165, 1.54) is 12.8 Å². The first-order valence-electron chi connectivity index (χ1n) is 6.19. The number of nitrogens with two attached hydrogens (primary N) is 1. The lowest BCUT2D eigenvalue weighted by Gasteiger charge is -2.24. The third-order valence-corrected chi connectivity index (χ3v) is 3.45. The van der Waals surface area contributed by atoms with Crippen LogP contribution in [0.15, 0.2) is 6.20 Å². The quantitative estimate of drug-likeness (QED) is 0.836. The highest BCUT2D eigenvalue weighted by Gasteiger charge is 2.31. The molecule has 17 heavy (non-hydrogen) atoms. The second kappa shape index (κ2) is 4.39. The summed E-state index contributed by atoms with van der Waals surface area (Å²) in [4.78, 5) is 12.1. The Morgan fingerprint density at radius 1 is 1.59 bits per heavy atom. The summed E-state index contributed by atoms with van der Waals surface area (Å²) in [5.41, 5.74) is 6.50. The zero-order valence-electron chi connectivity index (χ0n) is 10.5. The van der Waals surface area contributed by atoms with Crippen LogP contribution in [0.4, 0.5) is 5.69 Å². The molecule has 1 aliphatic carbocycles. The van der Waals surface area contributed by atoms with Gasteiger partial charge in [0, 0.05) is 18.3 Å². The molecule has 0 aromatic carbocycles. The summed E-state index contributed by atoms with van der Waals surface area (Å²) in [6, 6.07) is 0. The molecule has 0 atom stereocenters. The molecule has 1 saturated carbocycles. The normalized spacial score (nSPS) is 18.2. The molecular weight excluding hydrogens is 216 g/mol. The number of carbonyl (C=O) groups is 1. The summed E-state index contributed by atoms with van der Waals surface area (Å²) in [5, 5.41) is 7.24. The minimum atomic E-state index is -0.154. The van der Waals surface area contributed by atoms with Gasteiger partial charge in [-0.3, -0.25) is 9.48 Å². The lowest BCUT2D eigenvalue weighted by atomic mass is 10.0. The maximum absolute atomic E-state index is 12.1. The Hall–Kier alpha value is -1.52. The number of aryl methyl sites for hydroxylation is 1. The SMILES string of the molecule is CCn1cc(N)c(C(=O)NC2(C)CCCC2)n1. The van der Waals surface area contributed by atoms with Gasteiger partial charge >= 0.3 is 0 Å². The van der Waals surface area contributed by atoms with Gasteiger partial charge in [0.2, 0.25) is 0 Å². The fourth-order valence-corrected chi connectivity index (χ4v) is 2.39. The minimum absolute atomic E-state index is 0.0838. The van der Waals surface area contributed by atoms with Gasteiger partial charge in [0.25, 0.3) is 5.91 Å². The second-order valence-corrected chi connectivity index (χ2v) is 5.01. The van der Waals surface area contributed by atoms with Gasteiger partial charge in [0.05, 0.1) is 5.69 Å². The number of rotatable bonds is 3. The fourth-order valence-electron chi connectivity index (χ4n) is 2.39. The van der Waals surface area contributed by atoms with E-state index >= 15 is 0 Å². The van der Waals surface area contributed by atoms with E-state index in [-0.39, 0.29) is 11.4 Å². The van der Waals surface area contributed by atoms with E-state index in [1.54, 1.807) is 10.9 Å². The molecule has 0 spiro atoms. The average molecular weight is 236 g/mol. The molecular formula is C12H20N4O. The highest BCUT2D eigenvalue weighted by atomic mass is 16.2.